The molecule has 8 heteroatoms. The first-order valence-electron chi connectivity index (χ1n) is 10.9. The number of fused-ring (bicyclic) bond motifs is 1. The summed E-state index contributed by atoms with van der Waals surface area (Å²) in [6, 6.07) is 8.62. The molecular weight excluding hydrogens is 392 g/mol. The van der Waals surface area contributed by atoms with Crippen LogP contribution in [0.1, 0.15) is 35.8 Å². The fourth-order valence-corrected chi connectivity index (χ4v) is 4.32. The summed E-state index contributed by atoms with van der Waals surface area (Å²) >= 11 is 0. The number of rotatable bonds is 7. The van der Waals surface area contributed by atoms with Gasteiger partial charge in [0.25, 0.3) is 0 Å². The van der Waals surface area contributed by atoms with E-state index in [1.165, 1.54) is 12.0 Å². The molecule has 0 bridgehead atoms. The highest BCUT2D eigenvalue weighted by molar-refractivity contribution is 5.43. The lowest BCUT2D eigenvalue weighted by atomic mass is 10.1. The Balaban J connectivity index is 1.19. The zero-order valence-electron chi connectivity index (χ0n) is 17.8. The van der Waals surface area contributed by atoms with Crippen molar-refractivity contribution in [3.05, 3.63) is 59.9 Å². The SMILES string of the molecule is Cc1cc(C2CCCN2CCNCc2ccc3c(c2)OCCO3)nc(-n2ccnc2)n1. The van der Waals surface area contributed by atoms with Gasteiger partial charge in [-0.15, -0.1) is 0 Å². The maximum absolute atomic E-state index is 5.68. The lowest BCUT2D eigenvalue weighted by molar-refractivity contribution is 0.171. The van der Waals surface area contributed by atoms with E-state index in [9.17, 15) is 0 Å². The predicted octanol–water partition coefficient (Wildman–Crippen LogP) is 2.67. The minimum atomic E-state index is 0.333. The summed E-state index contributed by atoms with van der Waals surface area (Å²) < 4.78 is 13.1. The van der Waals surface area contributed by atoms with Gasteiger partial charge in [-0.1, -0.05) is 6.07 Å². The van der Waals surface area contributed by atoms with E-state index < -0.39 is 0 Å². The van der Waals surface area contributed by atoms with E-state index >= 15 is 0 Å². The molecule has 1 saturated heterocycles. The Hall–Kier alpha value is -2.97. The number of benzene rings is 1. The van der Waals surface area contributed by atoms with Crippen LogP contribution in [0.2, 0.25) is 0 Å². The van der Waals surface area contributed by atoms with Gasteiger partial charge in [0.1, 0.15) is 19.5 Å². The van der Waals surface area contributed by atoms with E-state index in [0.717, 1.165) is 55.5 Å². The van der Waals surface area contributed by atoms with E-state index in [1.807, 2.05) is 23.8 Å². The number of nitrogens with one attached hydrogen (secondary N) is 1. The Morgan fingerprint density at radius 2 is 2.03 bits per heavy atom. The van der Waals surface area contributed by atoms with Crippen molar-refractivity contribution < 1.29 is 9.47 Å². The highest BCUT2D eigenvalue weighted by atomic mass is 16.6. The van der Waals surface area contributed by atoms with Gasteiger partial charge in [-0.25, -0.2) is 15.0 Å². The molecule has 0 radical (unpaired) electrons. The molecule has 1 unspecified atom stereocenters. The number of likely N-dealkylation sites (tertiary alicyclic amines) is 1. The molecule has 2 aliphatic heterocycles. The van der Waals surface area contributed by atoms with E-state index in [1.54, 1.807) is 12.5 Å². The average molecular weight is 421 g/mol. The van der Waals surface area contributed by atoms with E-state index in [2.05, 4.69) is 38.4 Å². The van der Waals surface area contributed by atoms with Crippen LogP contribution < -0.4 is 14.8 Å². The molecule has 5 rings (SSSR count). The number of imidazole rings is 1. The van der Waals surface area contributed by atoms with Crippen molar-refractivity contribution in [2.45, 2.75) is 32.4 Å². The van der Waals surface area contributed by atoms with Crippen molar-refractivity contribution in [1.82, 2.24) is 29.7 Å². The summed E-state index contributed by atoms with van der Waals surface area (Å²) in [6.45, 7) is 7.08. The maximum Gasteiger partial charge on any atom is 0.235 e. The largest absolute Gasteiger partial charge is 0.486 e. The quantitative estimate of drug-likeness (QED) is 0.589. The summed E-state index contributed by atoms with van der Waals surface area (Å²) in [6.07, 6.45) is 7.69. The van der Waals surface area contributed by atoms with Gasteiger partial charge in [-0.3, -0.25) is 9.47 Å². The molecule has 1 atom stereocenters. The maximum atomic E-state index is 5.68. The second-order valence-corrected chi connectivity index (χ2v) is 8.05. The Labute approximate surface area is 182 Å². The Morgan fingerprint density at radius 3 is 2.90 bits per heavy atom. The smallest absolute Gasteiger partial charge is 0.235 e. The number of aromatic nitrogens is 4. The van der Waals surface area contributed by atoms with Gasteiger partial charge in [0.15, 0.2) is 11.5 Å². The minimum absolute atomic E-state index is 0.333. The molecule has 1 N–H and O–H groups in total. The highest BCUT2D eigenvalue weighted by Gasteiger charge is 2.27. The molecule has 3 aromatic rings. The van der Waals surface area contributed by atoms with Crippen LogP contribution in [0.25, 0.3) is 5.95 Å². The molecule has 0 saturated carbocycles. The van der Waals surface area contributed by atoms with Gasteiger partial charge in [-0.2, -0.15) is 0 Å². The zero-order valence-corrected chi connectivity index (χ0v) is 17.8. The molecule has 0 amide bonds. The Bertz CT molecular complexity index is 1020. The molecule has 2 aromatic heterocycles. The number of hydrogen-bond donors (Lipinski definition) is 1. The van der Waals surface area contributed by atoms with Crippen LogP contribution in [0.4, 0.5) is 0 Å². The number of hydrogen-bond acceptors (Lipinski definition) is 7. The van der Waals surface area contributed by atoms with Crippen LogP contribution in [-0.4, -0.2) is 57.3 Å². The normalized spacial score (nSPS) is 18.4. The first kappa shape index (κ1) is 20.0. The van der Waals surface area contributed by atoms with Gasteiger partial charge < -0.3 is 14.8 Å². The summed E-state index contributed by atoms with van der Waals surface area (Å²) in [5.41, 5.74) is 3.29. The molecule has 8 nitrogen and oxygen atoms in total. The minimum Gasteiger partial charge on any atom is -0.486 e. The predicted molar refractivity (Wildman–Crippen MR) is 117 cm³/mol. The topological polar surface area (TPSA) is 77.3 Å². The van der Waals surface area contributed by atoms with Crippen molar-refractivity contribution in [3.63, 3.8) is 0 Å². The van der Waals surface area contributed by atoms with Gasteiger partial charge in [-0.05, 0) is 50.1 Å². The van der Waals surface area contributed by atoms with Crippen LogP contribution in [0.5, 0.6) is 11.5 Å². The standard InChI is InChI=1S/C23H28N6O2/c1-17-13-19(27-23(26-17)29-10-7-25-16-29)20-3-2-8-28(20)9-6-24-15-18-4-5-21-22(14-18)31-12-11-30-21/h4-5,7,10,13-14,16,20,24H,2-3,6,8-9,11-12,15H2,1H3. The fraction of sp³-hybridized carbons (Fsp3) is 0.435. The van der Waals surface area contributed by atoms with Crippen molar-refractivity contribution >= 4 is 0 Å². The summed E-state index contributed by atoms with van der Waals surface area (Å²) in [7, 11) is 0. The number of nitrogens with zero attached hydrogens (tertiary/aromatic N) is 5. The third-order valence-corrected chi connectivity index (χ3v) is 5.81. The zero-order chi connectivity index (χ0) is 21.0. The molecule has 1 aromatic carbocycles. The first-order chi connectivity index (χ1) is 15.3. The number of ether oxygens (including phenoxy) is 2. The van der Waals surface area contributed by atoms with Crippen molar-refractivity contribution in [3.8, 4) is 17.4 Å². The first-order valence-corrected chi connectivity index (χ1v) is 10.9. The van der Waals surface area contributed by atoms with Crippen LogP contribution in [0.15, 0.2) is 43.0 Å². The molecule has 0 spiro atoms. The van der Waals surface area contributed by atoms with Gasteiger partial charge in [0.05, 0.1) is 11.7 Å². The van der Waals surface area contributed by atoms with Gasteiger partial charge >= 0.3 is 0 Å². The third-order valence-electron chi connectivity index (χ3n) is 5.81. The van der Waals surface area contributed by atoms with Crippen molar-refractivity contribution in [1.29, 1.82) is 0 Å². The summed E-state index contributed by atoms with van der Waals surface area (Å²) in [4.78, 5) is 16.1. The molecule has 2 aliphatic rings. The van der Waals surface area contributed by atoms with Crippen molar-refractivity contribution in [2.75, 3.05) is 32.8 Å². The van der Waals surface area contributed by atoms with Crippen LogP contribution in [0, 0.1) is 6.92 Å². The second-order valence-electron chi connectivity index (χ2n) is 8.05. The van der Waals surface area contributed by atoms with E-state index in [4.69, 9.17) is 14.5 Å². The highest BCUT2D eigenvalue weighted by Crippen LogP contribution is 2.32. The summed E-state index contributed by atoms with van der Waals surface area (Å²) in [5, 5.41) is 3.57. The van der Waals surface area contributed by atoms with Gasteiger partial charge in [0, 0.05) is 37.7 Å². The Kier molecular flexibility index (Phi) is 5.82. The lowest BCUT2D eigenvalue weighted by Crippen LogP contribution is -2.32. The average Bonchev–Trinajstić information content (AvgIpc) is 3.48. The van der Waals surface area contributed by atoms with Crippen LogP contribution >= 0.6 is 0 Å². The van der Waals surface area contributed by atoms with Crippen LogP contribution in [-0.2, 0) is 6.54 Å². The van der Waals surface area contributed by atoms with Gasteiger partial charge in [0.2, 0.25) is 5.95 Å². The molecule has 31 heavy (non-hydrogen) atoms. The molecule has 4 heterocycles. The lowest BCUT2D eigenvalue weighted by Gasteiger charge is -2.24. The fourth-order valence-electron chi connectivity index (χ4n) is 4.32. The van der Waals surface area contributed by atoms with Crippen LogP contribution in [0.3, 0.4) is 0 Å². The third kappa shape index (κ3) is 4.55. The second kappa shape index (κ2) is 9.03. The molecular formula is C23H28N6O2. The summed E-state index contributed by atoms with van der Waals surface area (Å²) in [5.74, 6) is 2.37. The molecule has 0 aliphatic carbocycles. The van der Waals surface area contributed by atoms with E-state index in [-0.39, 0.29) is 0 Å². The number of aryl methyl sites for hydroxylation is 1. The molecule has 162 valence electrons. The van der Waals surface area contributed by atoms with E-state index in [0.29, 0.717) is 25.2 Å². The molecule has 1 fully saturated rings. The monoisotopic (exact) mass is 420 g/mol. The Morgan fingerprint density at radius 1 is 1.13 bits per heavy atom. The van der Waals surface area contributed by atoms with Crippen molar-refractivity contribution in [2.24, 2.45) is 0 Å².